The van der Waals surface area contributed by atoms with Crippen LogP contribution in [0.2, 0.25) is 0 Å². The zero-order valence-corrected chi connectivity index (χ0v) is 14.8. The van der Waals surface area contributed by atoms with Gasteiger partial charge in [0.1, 0.15) is 0 Å². The molecule has 0 spiro atoms. The molecule has 6 heteroatoms. The number of nitrogens with zero attached hydrogens (tertiary/aromatic N) is 2. The molecule has 0 saturated carbocycles. The summed E-state index contributed by atoms with van der Waals surface area (Å²) in [6.07, 6.45) is 2.99. The lowest BCUT2D eigenvalue weighted by Crippen LogP contribution is -2.34. The van der Waals surface area contributed by atoms with E-state index in [9.17, 15) is 4.79 Å². The first-order chi connectivity index (χ1) is 11.0. The van der Waals surface area contributed by atoms with Crippen molar-refractivity contribution >= 4 is 11.6 Å². The van der Waals surface area contributed by atoms with Crippen molar-refractivity contribution in [3.8, 4) is 0 Å². The summed E-state index contributed by atoms with van der Waals surface area (Å²) in [5.41, 5.74) is 2.69. The summed E-state index contributed by atoms with van der Waals surface area (Å²) in [6.45, 7) is 9.54. The maximum atomic E-state index is 12.4. The van der Waals surface area contributed by atoms with Gasteiger partial charge >= 0.3 is 0 Å². The molecule has 1 saturated heterocycles. The van der Waals surface area contributed by atoms with Crippen LogP contribution in [-0.4, -0.2) is 42.5 Å². The van der Waals surface area contributed by atoms with Gasteiger partial charge in [0.05, 0.1) is 30.2 Å². The van der Waals surface area contributed by atoms with Crippen LogP contribution < -0.4 is 10.6 Å². The Kier molecular flexibility index (Phi) is 6.59. The Bertz CT molecular complexity index is 521. The second-order valence-electron chi connectivity index (χ2n) is 6.60. The van der Waals surface area contributed by atoms with Crippen molar-refractivity contribution in [1.29, 1.82) is 0 Å². The van der Waals surface area contributed by atoms with Gasteiger partial charge in [0, 0.05) is 13.5 Å². The van der Waals surface area contributed by atoms with Gasteiger partial charge in [-0.25, -0.2) is 0 Å². The molecule has 2 rings (SSSR count). The number of carbonyl (C=O) groups excluding carboxylic acids is 1. The van der Waals surface area contributed by atoms with Crippen molar-refractivity contribution in [2.75, 3.05) is 32.1 Å². The minimum Gasteiger partial charge on any atom is -0.383 e. The third-order valence-electron chi connectivity index (χ3n) is 4.80. The predicted octanol–water partition coefficient (Wildman–Crippen LogP) is 2.11. The van der Waals surface area contributed by atoms with Crippen LogP contribution in [0.1, 0.15) is 37.6 Å². The van der Waals surface area contributed by atoms with Gasteiger partial charge in [-0.2, -0.15) is 5.10 Å². The molecule has 1 aliphatic heterocycles. The van der Waals surface area contributed by atoms with Gasteiger partial charge in [0.15, 0.2) is 0 Å². The second kappa shape index (κ2) is 8.45. The van der Waals surface area contributed by atoms with Crippen molar-refractivity contribution in [2.45, 2.75) is 46.6 Å². The quantitative estimate of drug-likeness (QED) is 0.807. The van der Waals surface area contributed by atoms with Crippen molar-refractivity contribution in [3.63, 3.8) is 0 Å². The molecule has 2 atom stereocenters. The molecule has 2 heterocycles. The lowest BCUT2D eigenvalue weighted by Gasteiger charge is -2.28. The number of amides is 1. The predicted molar refractivity (Wildman–Crippen MR) is 91.6 cm³/mol. The number of hydrogen-bond donors (Lipinski definition) is 2. The van der Waals surface area contributed by atoms with Crippen molar-refractivity contribution in [1.82, 2.24) is 15.1 Å². The summed E-state index contributed by atoms with van der Waals surface area (Å²) < 4.78 is 6.99. The van der Waals surface area contributed by atoms with Crippen LogP contribution in [-0.2, 0) is 16.1 Å². The molecule has 0 aliphatic carbocycles. The number of piperidine rings is 1. The van der Waals surface area contributed by atoms with E-state index in [1.165, 1.54) is 12.8 Å². The summed E-state index contributed by atoms with van der Waals surface area (Å²) in [6, 6.07) is 0. The Hall–Kier alpha value is -1.40. The molecule has 0 aromatic carbocycles. The molecule has 1 aromatic heterocycles. The summed E-state index contributed by atoms with van der Waals surface area (Å²) in [7, 11) is 1.68. The van der Waals surface area contributed by atoms with E-state index in [2.05, 4.69) is 22.7 Å². The summed E-state index contributed by atoms with van der Waals surface area (Å²) in [5.74, 6) is 1.08. The van der Waals surface area contributed by atoms with Gasteiger partial charge < -0.3 is 15.4 Å². The fraction of sp³-hybridized carbons (Fsp3) is 0.765. The molecule has 2 unspecified atom stereocenters. The number of rotatable bonds is 7. The smallest absolute Gasteiger partial charge is 0.224 e. The van der Waals surface area contributed by atoms with Gasteiger partial charge in [-0.3, -0.25) is 9.48 Å². The van der Waals surface area contributed by atoms with Gasteiger partial charge in [-0.05, 0) is 51.6 Å². The van der Waals surface area contributed by atoms with Crippen LogP contribution in [0.15, 0.2) is 0 Å². The largest absolute Gasteiger partial charge is 0.383 e. The monoisotopic (exact) mass is 322 g/mol. The van der Waals surface area contributed by atoms with Gasteiger partial charge in [0.2, 0.25) is 5.91 Å². The molecule has 1 aliphatic rings. The molecular weight excluding hydrogens is 292 g/mol. The van der Waals surface area contributed by atoms with Gasteiger partial charge in [-0.15, -0.1) is 0 Å². The van der Waals surface area contributed by atoms with E-state index < -0.39 is 0 Å². The molecule has 0 bridgehead atoms. The number of anilines is 1. The third kappa shape index (κ3) is 4.78. The summed E-state index contributed by atoms with van der Waals surface area (Å²) >= 11 is 0. The van der Waals surface area contributed by atoms with E-state index in [1.54, 1.807) is 7.11 Å². The van der Waals surface area contributed by atoms with Crippen LogP contribution in [0, 0.1) is 25.7 Å². The minimum absolute atomic E-state index is 0.0839. The van der Waals surface area contributed by atoms with E-state index >= 15 is 0 Å². The number of hydrogen-bond acceptors (Lipinski definition) is 4. The number of ether oxygens (including phenoxy) is 1. The van der Waals surface area contributed by atoms with Crippen LogP contribution >= 0.6 is 0 Å². The summed E-state index contributed by atoms with van der Waals surface area (Å²) in [5, 5.41) is 11.0. The van der Waals surface area contributed by atoms with E-state index in [1.807, 2.05) is 18.5 Å². The van der Waals surface area contributed by atoms with E-state index in [4.69, 9.17) is 4.74 Å². The lowest BCUT2D eigenvalue weighted by molar-refractivity contribution is -0.117. The highest BCUT2D eigenvalue weighted by atomic mass is 16.5. The minimum atomic E-state index is 0.0839. The fourth-order valence-electron chi connectivity index (χ4n) is 3.29. The molecule has 1 aromatic rings. The van der Waals surface area contributed by atoms with Crippen LogP contribution in [0.3, 0.4) is 0 Å². The highest BCUT2D eigenvalue weighted by Gasteiger charge is 2.23. The van der Waals surface area contributed by atoms with Crippen LogP contribution in [0.4, 0.5) is 5.69 Å². The molecule has 130 valence electrons. The van der Waals surface area contributed by atoms with E-state index in [0.717, 1.165) is 30.2 Å². The number of carbonyl (C=O) groups is 1. The molecule has 23 heavy (non-hydrogen) atoms. The van der Waals surface area contributed by atoms with Crippen LogP contribution in [0.25, 0.3) is 0 Å². The Balaban J connectivity index is 1.93. The Labute approximate surface area is 139 Å². The van der Waals surface area contributed by atoms with Crippen molar-refractivity contribution in [2.24, 2.45) is 11.8 Å². The van der Waals surface area contributed by atoms with E-state index in [-0.39, 0.29) is 5.91 Å². The first-order valence-electron chi connectivity index (χ1n) is 8.56. The second-order valence-corrected chi connectivity index (χ2v) is 6.60. The van der Waals surface area contributed by atoms with E-state index in [0.29, 0.717) is 31.4 Å². The summed E-state index contributed by atoms with van der Waals surface area (Å²) in [4.78, 5) is 12.4. The first-order valence-corrected chi connectivity index (χ1v) is 8.56. The number of aromatic nitrogens is 2. The Morgan fingerprint density at radius 2 is 2.30 bits per heavy atom. The highest BCUT2D eigenvalue weighted by molar-refractivity contribution is 5.92. The third-order valence-corrected chi connectivity index (χ3v) is 4.80. The fourth-order valence-corrected chi connectivity index (χ4v) is 3.29. The molecule has 1 fully saturated rings. The van der Waals surface area contributed by atoms with Crippen LogP contribution in [0.5, 0.6) is 0 Å². The molecule has 2 N–H and O–H groups in total. The highest BCUT2D eigenvalue weighted by Crippen LogP contribution is 2.24. The number of nitrogens with one attached hydrogen (secondary N) is 2. The Morgan fingerprint density at radius 1 is 1.52 bits per heavy atom. The molecular formula is C17H30N4O2. The van der Waals surface area contributed by atoms with Gasteiger partial charge in [0.25, 0.3) is 0 Å². The average Bonchev–Trinajstić information content (AvgIpc) is 2.81. The zero-order valence-electron chi connectivity index (χ0n) is 14.8. The normalized spacial score (nSPS) is 19.6. The molecule has 0 radical (unpaired) electrons. The Morgan fingerprint density at radius 3 is 2.96 bits per heavy atom. The maximum Gasteiger partial charge on any atom is 0.224 e. The number of aryl methyl sites for hydroxylation is 1. The average molecular weight is 322 g/mol. The first kappa shape index (κ1) is 17.9. The molecule has 6 nitrogen and oxygen atoms in total. The SMILES string of the molecule is COCCn1nc(C)c(NC(=O)CC(C)C2CCCNC2)c1C. The lowest BCUT2D eigenvalue weighted by atomic mass is 9.85. The zero-order chi connectivity index (χ0) is 16.8. The maximum absolute atomic E-state index is 12.4. The molecule has 1 amide bonds. The van der Waals surface area contributed by atoms with Crippen molar-refractivity contribution < 1.29 is 9.53 Å². The standard InChI is InChI=1S/C17H30N4O2/c1-12(15-6-5-7-18-11-15)10-16(22)19-17-13(2)20-21(14(17)3)8-9-23-4/h12,15,18H,5-11H2,1-4H3,(H,19,22). The number of methoxy groups -OCH3 is 1. The topological polar surface area (TPSA) is 68.2 Å². The van der Waals surface area contributed by atoms with Gasteiger partial charge in [-0.1, -0.05) is 6.92 Å². The van der Waals surface area contributed by atoms with Crippen molar-refractivity contribution in [3.05, 3.63) is 11.4 Å².